The van der Waals surface area contributed by atoms with Gasteiger partial charge in [0.25, 0.3) is 5.56 Å². The number of aromatic amines is 1. The number of carbonyl (C=O) groups excluding carboxylic acids is 1. The Kier molecular flexibility index (Phi) is 3.15. The van der Waals surface area contributed by atoms with Crippen LogP contribution in [0, 0.1) is 10.8 Å². The van der Waals surface area contributed by atoms with Crippen molar-refractivity contribution in [1.29, 1.82) is 0 Å². The highest BCUT2D eigenvalue weighted by Gasteiger charge is 2.75. The molecule has 1 aliphatic rings. The molecule has 2 amide bonds. The molecule has 0 spiro atoms. The first-order valence-corrected chi connectivity index (χ1v) is 6.72. The lowest BCUT2D eigenvalue weighted by Gasteiger charge is -2.18. The second-order valence-electron chi connectivity index (χ2n) is 6.60. The Balaban J connectivity index is 1.91. The minimum absolute atomic E-state index is 0.0492. The molecule has 0 aromatic carbocycles. The van der Waals surface area contributed by atoms with Gasteiger partial charge in [-0.3, -0.25) is 4.79 Å². The molecule has 110 valence electrons. The van der Waals surface area contributed by atoms with Crippen LogP contribution in [0.25, 0.3) is 0 Å². The number of rotatable bonds is 3. The van der Waals surface area contributed by atoms with Crippen LogP contribution in [0.4, 0.5) is 4.79 Å². The Labute approximate surface area is 118 Å². The van der Waals surface area contributed by atoms with Crippen molar-refractivity contribution in [2.24, 2.45) is 10.8 Å². The van der Waals surface area contributed by atoms with Crippen LogP contribution in [0.15, 0.2) is 16.9 Å². The lowest BCUT2D eigenvalue weighted by molar-refractivity contribution is 0.231. The average molecular weight is 278 g/mol. The van der Waals surface area contributed by atoms with E-state index in [1.54, 1.807) is 6.07 Å². The minimum Gasteiger partial charge on any atom is -0.332 e. The van der Waals surface area contributed by atoms with Crippen LogP contribution in [0.2, 0.25) is 0 Å². The molecule has 3 N–H and O–H groups in total. The monoisotopic (exact) mass is 278 g/mol. The highest BCUT2D eigenvalue weighted by molar-refractivity contribution is 5.76. The van der Waals surface area contributed by atoms with Crippen LogP contribution in [0.3, 0.4) is 0 Å². The molecule has 1 saturated carbocycles. The number of aromatic nitrogens is 2. The predicted molar refractivity (Wildman–Crippen MR) is 76.2 cm³/mol. The van der Waals surface area contributed by atoms with Gasteiger partial charge in [-0.15, -0.1) is 0 Å². The third-order valence-electron chi connectivity index (χ3n) is 5.53. The van der Waals surface area contributed by atoms with Crippen molar-refractivity contribution in [3.8, 4) is 0 Å². The number of nitrogens with zero attached hydrogens (tertiary/aromatic N) is 1. The van der Waals surface area contributed by atoms with E-state index in [0.29, 0.717) is 5.69 Å². The van der Waals surface area contributed by atoms with Gasteiger partial charge in [-0.25, -0.2) is 9.89 Å². The van der Waals surface area contributed by atoms with Gasteiger partial charge in [0.2, 0.25) is 0 Å². The van der Waals surface area contributed by atoms with E-state index in [1.165, 1.54) is 6.07 Å². The van der Waals surface area contributed by atoms with Crippen molar-refractivity contribution >= 4 is 6.03 Å². The summed E-state index contributed by atoms with van der Waals surface area (Å²) in [6, 6.07) is 2.75. The number of hydrogen-bond acceptors (Lipinski definition) is 3. The summed E-state index contributed by atoms with van der Waals surface area (Å²) in [5.41, 5.74) is 0.218. The zero-order chi connectivity index (χ0) is 15.2. The predicted octanol–water partition coefficient (Wildman–Crippen LogP) is 1.39. The van der Waals surface area contributed by atoms with Gasteiger partial charge in [-0.05, 0) is 23.8 Å². The fourth-order valence-corrected chi connectivity index (χ4v) is 2.82. The van der Waals surface area contributed by atoms with E-state index in [-0.39, 0.29) is 34.5 Å². The van der Waals surface area contributed by atoms with Gasteiger partial charge in [0.05, 0.1) is 17.8 Å². The topological polar surface area (TPSA) is 86.9 Å². The maximum Gasteiger partial charge on any atom is 0.315 e. The summed E-state index contributed by atoms with van der Waals surface area (Å²) in [7, 11) is 0. The normalized spacial score (nSPS) is 21.1. The third-order valence-corrected chi connectivity index (χ3v) is 5.53. The molecule has 0 bridgehead atoms. The Morgan fingerprint density at radius 3 is 2.25 bits per heavy atom. The summed E-state index contributed by atoms with van der Waals surface area (Å²) in [5.74, 6) is 0. The van der Waals surface area contributed by atoms with Gasteiger partial charge in [-0.1, -0.05) is 27.7 Å². The molecule has 1 heterocycles. The van der Waals surface area contributed by atoms with E-state index >= 15 is 0 Å². The standard InChI is InChI=1S/C14H22N4O2/c1-12(2)13(3,4)14(12,5)16-11(20)15-8-9-6-7-10(19)18-17-9/h6-7H,8H2,1-5H3,(H,18,19)(H2,15,16,20). The molecular weight excluding hydrogens is 256 g/mol. The molecule has 0 unspecified atom stereocenters. The highest BCUT2D eigenvalue weighted by Crippen LogP contribution is 2.70. The van der Waals surface area contributed by atoms with Crippen molar-refractivity contribution < 1.29 is 4.79 Å². The van der Waals surface area contributed by atoms with Gasteiger partial charge in [0, 0.05) is 6.07 Å². The van der Waals surface area contributed by atoms with Crippen molar-refractivity contribution in [2.45, 2.75) is 46.7 Å². The summed E-state index contributed by atoms with van der Waals surface area (Å²) >= 11 is 0. The molecule has 0 radical (unpaired) electrons. The highest BCUT2D eigenvalue weighted by atomic mass is 16.2. The molecular formula is C14H22N4O2. The van der Waals surface area contributed by atoms with E-state index < -0.39 is 0 Å². The number of urea groups is 1. The van der Waals surface area contributed by atoms with Crippen LogP contribution in [0.1, 0.15) is 40.3 Å². The van der Waals surface area contributed by atoms with Crippen molar-refractivity contribution in [3.05, 3.63) is 28.2 Å². The minimum atomic E-state index is -0.257. The number of H-pyrrole nitrogens is 1. The Morgan fingerprint density at radius 2 is 1.80 bits per heavy atom. The molecule has 1 fully saturated rings. The van der Waals surface area contributed by atoms with Crippen molar-refractivity contribution in [2.75, 3.05) is 0 Å². The molecule has 0 atom stereocenters. The average Bonchev–Trinajstić information content (AvgIpc) is 2.66. The number of amides is 2. The zero-order valence-corrected chi connectivity index (χ0v) is 12.6. The van der Waals surface area contributed by atoms with Gasteiger partial charge >= 0.3 is 6.03 Å². The molecule has 2 rings (SSSR count). The molecule has 1 aliphatic carbocycles. The smallest absolute Gasteiger partial charge is 0.315 e. The maximum absolute atomic E-state index is 12.0. The first-order chi connectivity index (χ1) is 9.12. The summed E-state index contributed by atoms with van der Waals surface area (Å²) in [4.78, 5) is 22.9. The molecule has 20 heavy (non-hydrogen) atoms. The Morgan fingerprint density at radius 1 is 1.20 bits per heavy atom. The fraction of sp³-hybridized carbons (Fsp3) is 0.643. The van der Waals surface area contributed by atoms with E-state index in [4.69, 9.17) is 0 Å². The van der Waals surface area contributed by atoms with Crippen molar-refractivity contribution in [3.63, 3.8) is 0 Å². The zero-order valence-electron chi connectivity index (χ0n) is 12.6. The van der Waals surface area contributed by atoms with Gasteiger partial charge in [-0.2, -0.15) is 5.10 Å². The molecule has 1 aromatic rings. The van der Waals surface area contributed by atoms with E-state index in [1.807, 2.05) is 0 Å². The SMILES string of the molecule is CC1(C)C(C)(C)C1(C)NC(=O)NCc1ccc(=O)[nH]n1. The van der Waals surface area contributed by atoms with E-state index in [9.17, 15) is 9.59 Å². The van der Waals surface area contributed by atoms with Crippen LogP contribution >= 0.6 is 0 Å². The first-order valence-electron chi connectivity index (χ1n) is 6.72. The number of carbonyl (C=O) groups is 1. The largest absolute Gasteiger partial charge is 0.332 e. The maximum atomic E-state index is 12.0. The quantitative estimate of drug-likeness (QED) is 0.781. The summed E-state index contributed by atoms with van der Waals surface area (Å²) < 4.78 is 0. The Hall–Kier alpha value is -1.85. The fourth-order valence-electron chi connectivity index (χ4n) is 2.82. The lowest BCUT2D eigenvalue weighted by atomic mass is 10.0. The van der Waals surface area contributed by atoms with Crippen LogP contribution in [-0.2, 0) is 6.54 Å². The van der Waals surface area contributed by atoms with E-state index in [2.05, 4.69) is 55.4 Å². The number of hydrogen-bond donors (Lipinski definition) is 3. The van der Waals surface area contributed by atoms with Crippen LogP contribution in [0.5, 0.6) is 0 Å². The molecule has 0 saturated heterocycles. The number of nitrogens with one attached hydrogen (secondary N) is 3. The van der Waals surface area contributed by atoms with Gasteiger partial charge < -0.3 is 10.6 Å². The van der Waals surface area contributed by atoms with Crippen LogP contribution < -0.4 is 16.2 Å². The van der Waals surface area contributed by atoms with Crippen LogP contribution in [-0.4, -0.2) is 21.8 Å². The summed E-state index contributed by atoms with van der Waals surface area (Å²) in [5, 5.41) is 12.0. The van der Waals surface area contributed by atoms with Gasteiger partial charge in [0.1, 0.15) is 0 Å². The van der Waals surface area contributed by atoms with Gasteiger partial charge in [0.15, 0.2) is 0 Å². The molecule has 1 aromatic heterocycles. The van der Waals surface area contributed by atoms with E-state index in [0.717, 1.165) is 0 Å². The Bertz CT molecular complexity index is 555. The molecule has 6 heteroatoms. The second-order valence-corrected chi connectivity index (χ2v) is 6.60. The second kappa shape index (κ2) is 4.33. The summed E-state index contributed by atoms with van der Waals surface area (Å²) in [6.45, 7) is 10.9. The molecule has 6 nitrogen and oxygen atoms in total. The molecule has 0 aliphatic heterocycles. The third kappa shape index (κ3) is 1.99. The first kappa shape index (κ1) is 14.6. The van der Waals surface area contributed by atoms with Crippen molar-refractivity contribution in [1.82, 2.24) is 20.8 Å². The summed E-state index contributed by atoms with van der Waals surface area (Å²) in [6.07, 6.45) is 0. The lowest BCUT2D eigenvalue weighted by Crippen LogP contribution is -2.45.